The topological polar surface area (TPSA) is 12.4 Å². The van der Waals surface area contributed by atoms with Gasteiger partial charge in [0.2, 0.25) is 0 Å². The predicted molar refractivity (Wildman–Crippen MR) is 38.7 cm³/mol. The van der Waals surface area contributed by atoms with Gasteiger partial charge in [-0.3, -0.25) is 0 Å². The third kappa shape index (κ3) is 2.93. The minimum atomic E-state index is -7.24. The summed E-state index contributed by atoms with van der Waals surface area (Å²) in [6.45, 7) is 0. The average Bonchev–Trinajstić information content (AvgIpc) is 2.13. The summed E-state index contributed by atoms with van der Waals surface area (Å²) in [5.74, 6) is -14.4. The molecule has 0 aromatic heterocycles. The Morgan fingerprint density at radius 1 is 0.722 bits per heavy atom. The van der Waals surface area contributed by atoms with E-state index in [2.05, 4.69) is 0 Å². The molecule has 1 unspecified atom stereocenters. The van der Waals surface area contributed by atoms with Gasteiger partial charge in [-0.2, -0.15) is 39.5 Å². The third-order valence-electron chi connectivity index (χ3n) is 1.39. The second kappa shape index (κ2) is 5.54. The fraction of sp³-hybridized carbons (Fsp3) is 1.00. The third-order valence-corrected chi connectivity index (χ3v) is 2.19. The first-order valence-electron chi connectivity index (χ1n) is 3.16. The summed E-state index contributed by atoms with van der Waals surface area (Å²) in [5, 5.41) is -6.64. The molecule has 0 spiro atoms. The molecule has 0 aliphatic carbocycles. The largest absolute Gasteiger partial charge is 0.460 e. The summed E-state index contributed by atoms with van der Waals surface area (Å²) < 4.78 is 131. The van der Waals surface area contributed by atoms with Gasteiger partial charge >= 0.3 is 23.3 Å². The number of alkyl halides is 9. The Hall–Kier alpha value is -0.0226. The van der Waals surface area contributed by atoms with Gasteiger partial charge in [-0.05, 0) is 4.58 Å². The van der Waals surface area contributed by atoms with Crippen LogP contribution in [-0.2, 0) is 11.1 Å². The average molecular weight is 310 g/mol. The zero-order valence-corrected chi connectivity index (χ0v) is 8.83. The zero-order valence-electron chi connectivity index (χ0n) is 8.01. The van der Waals surface area contributed by atoms with Gasteiger partial charge in [0.05, 0.1) is 0 Å². The smallest absolute Gasteiger partial charge is 0.191 e. The summed E-state index contributed by atoms with van der Waals surface area (Å²) in [4.78, 5) is 0. The molecule has 0 aliphatic heterocycles. The molecule has 0 rings (SSSR count). The maximum Gasteiger partial charge on any atom is 0.460 e. The van der Waals surface area contributed by atoms with Gasteiger partial charge in [0.1, 0.15) is 0 Å². The van der Waals surface area contributed by atoms with E-state index in [0.717, 1.165) is 0 Å². The fourth-order valence-electron chi connectivity index (χ4n) is 0.510. The Bertz CT molecular complexity index is 321. The minimum Gasteiger partial charge on any atom is -0.191 e. The van der Waals surface area contributed by atoms with Crippen LogP contribution in [0, 0.1) is 0 Å². The number of halogens is 11. The molecule has 0 fully saturated rings. The molecule has 0 aromatic rings. The van der Waals surface area contributed by atoms with Crippen molar-refractivity contribution < 1.29 is 47.9 Å². The maximum absolute atomic E-state index is 12.2. The van der Waals surface area contributed by atoms with Gasteiger partial charge in [0.15, 0.2) is 11.1 Å². The predicted octanol–water partition coefficient (Wildman–Crippen LogP) is 3.60. The van der Waals surface area contributed by atoms with Crippen molar-refractivity contribution in [1.82, 2.24) is 0 Å². The van der Waals surface area contributed by atoms with Gasteiger partial charge in [-0.25, -0.2) is 0 Å². The molecule has 0 saturated carbocycles. The van der Waals surface area contributed by atoms with E-state index in [9.17, 15) is 47.9 Å². The zero-order chi connectivity index (χ0) is 14.3. The number of hydrogen-bond donors (Lipinski definition) is 0. The van der Waals surface area contributed by atoms with E-state index < -0.39 is 34.4 Å². The van der Waals surface area contributed by atoms with Crippen LogP contribution in [0.3, 0.4) is 0 Å². The molecule has 0 N–H and O–H groups in total. The first-order valence-corrected chi connectivity index (χ1v) is 4.24. The molecular weight excluding hydrogens is 310 g/mol. The van der Waals surface area contributed by atoms with Crippen molar-refractivity contribution in [2.24, 2.45) is 4.58 Å². The Morgan fingerprint density at radius 3 is 1.28 bits per heavy atom. The minimum absolute atomic E-state index is 0. The SMILES string of the molecule is FN=S(F)C(F)(F)C(F)(F)C(F)(F)C(F)(F)F.[Li]. The van der Waals surface area contributed by atoms with Crippen LogP contribution in [0.15, 0.2) is 4.58 Å². The molecule has 0 bridgehead atoms. The molecule has 0 amide bonds. The summed E-state index contributed by atoms with van der Waals surface area (Å²) in [7, 11) is 0. The Balaban J connectivity index is 0. The van der Waals surface area contributed by atoms with Crippen molar-refractivity contribution >= 4 is 29.9 Å². The summed E-state index contributed by atoms with van der Waals surface area (Å²) in [6.07, 6.45) is -7.07. The van der Waals surface area contributed by atoms with Crippen molar-refractivity contribution in [3.05, 3.63) is 0 Å². The van der Waals surface area contributed by atoms with E-state index in [0.29, 0.717) is 4.58 Å². The van der Waals surface area contributed by atoms with E-state index in [1.165, 1.54) is 0 Å². The molecule has 105 valence electrons. The number of rotatable bonds is 3. The molecule has 1 nitrogen and oxygen atoms in total. The maximum atomic E-state index is 12.2. The van der Waals surface area contributed by atoms with Crippen molar-refractivity contribution in [2.45, 2.75) is 23.3 Å². The molecule has 0 aliphatic rings. The van der Waals surface area contributed by atoms with E-state index in [1.54, 1.807) is 0 Å². The molecule has 14 heteroatoms. The van der Waals surface area contributed by atoms with Crippen LogP contribution in [0.4, 0.5) is 47.9 Å². The van der Waals surface area contributed by atoms with E-state index in [-0.39, 0.29) is 18.9 Å². The number of nitrogens with zero attached hydrogens (tertiary/aromatic N) is 1. The second-order valence-electron chi connectivity index (χ2n) is 2.47. The van der Waals surface area contributed by atoms with Crippen LogP contribution in [0.2, 0.25) is 0 Å². The Morgan fingerprint density at radius 2 is 1.06 bits per heavy atom. The van der Waals surface area contributed by atoms with Crippen LogP contribution in [0.1, 0.15) is 0 Å². The Labute approximate surface area is 106 Å². The molecule has 0 saturated heterocycles. The summed E-state index contributed by atoms with van der Waals surface area (Å²) >= 11 is -5.14. The molecule has 0 heterocycles. The standard InChI is InChI=1S/C4F11NS.Li/c5-1(6,3(9,10)11)2(7,8)4(12,13)17(15)16-14;. The van der Waals surface area contributed by atoms with Crippen molar-refractivity contribution in [1.29, 1.82) is 0 Å². The van der Waals surface area contributed by atoms with Gasteiger partial charge in [-0.15, -0.1) is 3.89 Å². The van der Waals surface area contributed by atoms with Crippen LogP contribution in [-0.4, -0.2) is 42.1 Å². The molecule has 1 atom stereocenters. The van der Waals surface area contributed by atoms with Crippen LogP contribution < -0.4 is 0 Å². The fourth-order valence-corrected chi connectivity index (χ4v) is 0.936. The van der Waals surface area contributed by atoms with Crippen LogP contribution in [0.5, 0.6) is 0 Å². The molecule has 0 aromatic carbocycles. The van der Waals surface area contributed by atoms with Gasteiger partial charge in [-0.1, -0.05) is 4.48 Å². The van der Waals surface area contributed by atoms with Gasteiger partial charge in [0.25, 0.3) is 0 Å². The van der Waals surface area contributed by atoms with E-state index >= 15 is 0 Å². The first-order chi connectivity index (χ1) is 7.23. The van der Waals surface area contributed by atoms with Crippen molar-refractivity contribution in [2.75, 3.05) is 0 Å². The van der Waals surface area contributed by atoms with Crippen molar-refractivity contribution in [3.63, 3.8) is 0 Å². The summed E-state index contributed by atoms with van der Waals surface area (Å²) in [5.41, 5.74) is 0. The van der Waals surface area contributed by atoms with Crippen LogP contribution >= 0.6 is 0 Å². The molecule has 1 radical (unpaired) electrons. The number of hydrogen-bond acceptors (Lipinski definition) is 1. The molecular formula is C4F11LiNS. The first kappa shape index (κ1) is 20.3. The quantitative estimate of drug-likeness (QED) is 0.558. The summed E-state index contributed by atoms with van der Waals surface area (Å²) in [6, 6.07) is 0. The molecule has 18 heavy (non-hydrogen) atoms. The normalized spacial score (nSPS) is 16.4. The second-order valence-corrected chi connectivity index (χ2v) is 3.60. The Kier molecular flexibility index (Phi) is 6.24. The van der Waals surface area contributed by atoms with Gasteiger partial charge in [0, 0.05) is 18.9 Å². The van der Waals surface area contributed by atoms with E-state index in [1.807, 2.05) is 0 Å². The van der Waals surface area contributed by atoms with Crippen LogP contribution in [0.25, 0.3) is 0 Å². The van der Waals surface area contributed by atoms with Crippen molar-refractivity contribution in [3.8, 4) is 0 Å². The van der Waals surface area contributed by atoms with Gasteiger partial charge < -0.3 is 0 Å². The monoisotopic (exact) mass is 310 g/mol. The van der Waals surface area contributed by atoms with E-state index in [4.69, 9.17) is 0 Å².